The predicted octanol–water partition coefficient (Wildman–Crippen LogP) is 3.48. The SMILES string of the molecule is C[C@H](Nc1nc(N)nc(C(F)F)c1C#N)c1nc2cccc(C(F)(F)F)c2c(=O)n1-c1ccn[nH]1. The Labute approximate surface area is 192 Å². The lowest BCUT2D eigenvalue weighted by Gasteiger charge is -2.21. The maximum Gasteiger partial charge on any atom is 0.417 e. The lowest BCUT2D eigenvalue weighted by Crippen LogP contribution is -2.29. The smallest absolute Gasteiger partial charge is 0.368 e. The zero-order chi connectivity index (χ0) is 25.5. The number of nitrogen functional groups attached to an aromatic ring is 1. The maximum absolute atomic E-state index is 13.6. The van der Waals surface area contributed by atoms with Crippen LogP contribution in [-0.4, -0.2) is 29.7 Å². The summed E-state index contributed by atoms with van der Waals surface area (Å²) in [6.45, 7) is 1.44. The van der Waals surface area contributed by atoms with Crippen molar-refractivity contribution in [2.75, 3.05) is 11.1 Å². The summed E-state index contributed by atoms with van der Waals surface area (Å²) in [5.41, 5.74) is 1.54. The van der Waals surface area contributed by atoms with Crippen LogP contribution in [0.2, 0.25) is 0 Å². The number of rotatable bonds is 5. The van der Waals surface area contributed by atoms with Crippen LogP contribution in [-0.2, 0) is 6.18 Å². The summed E-state index contributed by atoms with van der Waals surface area (Å²) < 4.78 is 68.4. The standard InChI is InChI=1S/C20H14F5N9O/c1-8(29-16-9(7-26)14(15(21)22)31-19(27)32-16)17-30-11-4-2-3-10(20(23,24)25)13(11)18(35)34(17)12-5-6-28-33-12/h2-6,8,15H,1H3,(H,28,33)(H3,27,29,31,32)/t8-/m0/s1. The molecule has 1 aromatic carbocycles. The molecule has 0 saturated carbocycles. The van der Waals surface area contributed by atoms with E-state index in [-0.39, 0.29) is 23.0 Å². The van der Waals surface area contributed by atoms with Crippen molar-refractivity contribution in [1.82, 2.24) is 29.7 Å². The first-order chi connectivity index (χ1) is 16.5. The molecular formula is C20H14F5N9O. The van der Waals surface area contributed by atoms with Gasteiger partial charge in [-0.05, 0) is 19.1 Å². The number of hydrogen-bond donors (Lipinski definition) is 3. The van der Waals surface area contributed by atoms with Crippen LogP contribution in [0.3, 0.4) is 0 Å². The molecule has 0 saturated heterocycles. The number of halogens is 5. The molecule has 4 rings (SSSR count). The number of H-pyrrole nitrogens is 1. The molecule has 0 unspecified atom stereocenters. The Morgan fingerprint density at radius 3 is 2.54 bits per heavy atom. The van der Waals surface area contributed by atoms with Crippen molar-refractivity contribution in [3.05, 3.63) is 63.5 Å². The Hall–Kier alpha value is -4.61. The van der Waals surface area contributed by atoms with E-state index in [1.54, 1.807) is 6.07 Å². The minimum Gasteiger partial charge on any atom is -0.368 e. The maximum atomic E-state index is 13.6. The molecular weight excluding hydrogens is 477 g/mol. The zero-order valence-electron chi connectivity index (χ0n) is 17.6. The number of aromatic nitrogens is 6. The summed E-state index contributed by atoms with van der Waals surface area (Å²) in [4.78, 5) is 24.8. The molecule has 10 nitrogen and oxygen atoms in total. The number of nitrogens with zero attached hydrogens (tertiary/aromatic N) is 6. The third-order valence-corrected chi connectivity index (χ3v) is 4.97. The summed E-state index contributed by atoms with van der Waals surface area (Å²) in [5, 5.41) is 17.6. The van der Waals surface area contributed by atoms with Crippen LogP contribution < -0.4 is 16.6 Å². The van der Waals surface area contributed by atoms with Gasteiger partial charge in [-0.3, -0.25) is 9.89 Å². The third-order valence-electron chi connectivity index (χ3n) is 4.97. The fourth-order valence-corrected chi connectivity index (χ4v) is 3.52. The number of benzene rings is 1. The largest absolute Gasteiger partial charge is 0.417 e. The van der Waals surface area contributed by atoms with Crippen LogP contribution in [0.5, 0.6) is 0 Å². The minimum atomic E-state index is -4.83. The molecule has 4 N–H and O–H groups in total. The van der Waals surface area contributed by atoms with Gasteiger partial charge in [-0.1, -0.05) is 6.07 Å². The molecule has 0 amide bonds. The van der Waals surface area contributed by atoms with Crippen LogP contribution in [0.25, 0.3) is 16.7 Å². The van der Waals surface area contributed by atoms with E-state index in [2.05, 4.69) is 30.5 Å². The molecule has 15 heteroatoms. The summed E-state index contributed by atoms with van der Waals surface area (Å²) in [7, 11) is 0. The van der Waals surface area contributed by atoms with Gasteiger partial charge in [0.1, 0.15) is 29.0 Å². The van der Waals surface area contributed by atoms with Crippen LogP contribution in [0.15, 0.2) is 35.3 Å². The van der Waals surface area contributed by atoms with E-state index in [0.29, 0.717) is 0 Å². The second kappa shape index (κ2) is 8.63. The van der Waals surface area contributed by atoms with Gasteiger partial charge in [0.05, 0.1) is 28.7 Å². The van der Waals surface area contributed by atoms with Crippen molar-refractivity contribution in [2.45, 2.75) is 25.6 Å². The molecule has 0 spiro atoms. The first-order valence-corrected chi connectivity index (χ1v) is 9.77. The molecule has 0 bridgehead atoms. The van der Waals surface area contributed by atoms with E-state index in [4.69, 9.17) is 5.73 Å². The van der Waals surface area contributed by atoms with Gasteiger partial charge in [-0.2, -0.15) is 28.5 Å². The number of fused-ring (bicyclic) bond motifs is 1. The van der Waals surface area contributed by atoms with E-state index in [1.165, 1.54) is 25.3 Å². The highest BCUT2D eigenvalue weighted by Crippen LogP contribution is 2.34. The van der Waals surface area contributed by atoms with Gasteiger partial charge in [-0.15, -0.1) is 0 Å². The first-order valence-electron chi connectivity index (χ1n) is 9.77. The van der Waals surface area contributed by atoms with Crippen molar-refractivity contribution < 1.29 is 22.0 Å². The van der Waals surface area contributed by atoms with E-state index >= 15 is 0 Å². The Morgan fingerprint density at radius 1 is 1.20 bits per heavy atom. The molecule has 0 fully saturated rings. The Balaban J connectivity index is 1.95. The average Bonchev–Trinajstić information content (AvgIpc) is 3.31. The molecule has 180 valence electrons. The van der Waals surface area contributed by atoms with Crippen molar-refractivity contribution in [3.8, 4) is 11.9 Å². The van der Waals surface area contributed by atoms with Gasteiger partial charge >= 0.3 is 6.18 Å². The van der Waals surface area contributed by atoms with Gasteiger partial charge in [0.15, 0.2) is 5.82 Å². The number of aromatic amines is 1. The number of hydrogen-bond acceptors (Lipinski definition) is 8. The van der Waals surface area contributed by atoms with Gasteiger partial charge in [0, 0.05) is 6.07 Å². The Bertz CT molecular complexity index is 1510. The highest BCUT2D eigenvalue weighted by atomic mass is 19.4. The van der Waals surface area contributed by atoms with Crippen molar-refractivity contribution in [1.29, 1.82) is 5.26 Å². The second-order valence-electron chi connectivity index (χ2n) is 7.22. The highest BCUT2D eigenvalue weighted by molar-refractivity contribution is 5.82. The molecule has 0 aliphatic carbocycles. The third kappa shape index (κ3) is 4.21. The van der Waals surface area contributed by atoms with E-state index in [9.17, 15) is 32.0 Å². The highest BCUT2D eigenvalue weighted by Gasteiger charge is 2.35. The average molecular weight is 491 g/mol. The first kappa shape index (κ1) is 23.5. The van der Waals surface area contributed by atoms with Crippen LogP contribution in [0.4, 0.5) is 33.7 Å². The monoisotopic (exact) mass is 491 g/mol. The lowest BCUT2D eigenvalue weighted by atomic mass is 10.1. The van der Waals surface area contributed by atoms with Crippen molar-refractivity contribution in [3.63, 3.8) is 0 Å². The molecule has 1 atom stereocenters. The van der Waals surface area contributed by atoms with Gasteiger partial charge in [0.2, 0.25) is 5.95 Å². The quantitative estimate of drug-likeness (QED) is 0.359. The molecule has 4 aromatic rings. The number of nitriles is 1. The van der Waals surface area contributed by atoms with E-state index < -0.39 is 52.4 Å². The van der Waals surface area contributed by atoms with Crippen LogP contribution in [0, 0.1) is 11.3 Å². The minimum absolute atomic E-state index is 0.000931. The second-order valence-corrected chi connectivity index (χ2v) is 7.22. The summed E-state index contributed by atoms with van der Waals surface area (Å²) in [5.74, 6) is -1.02. The van der Waals surface area contributed by atoms with Gasteiger partial charge in [-0.25, -0.2) is 23.3 Å². The number of alkyl halides is 5. The molecule has 0 aliphatic rings. The molecule has 0 radical (unpaired) electrons. The normalized spacial score (nSPS) is 12.6. The zero-order valence-corrected chi connectivity index (χ0v) is 17.6. The van der Waals surface area contributed by atoms with Crippen LogP contribution in [0.1, 0.15) is 42.0 Å². The summed E-state index contributed by atoms with van der Waals surface area (Å²) in [6.07, 6.45) is -6.69. The van der Waals surface area contributed by atoms with Crippen molar-refractivity contribution in [2.24, 2.45) is 0 Å². The Kier molecular flexibility index (Phi) is 5.81. The Morgan fingerprint density at radius 2 is 1.94 bits per heavy atom. The van der Waals surface area contributed by atoms with E-state index in [1.807, 2.05) is 0 Å². The fraction of sp³-hybridized carbons (Fsp3) is 0.200. The fourth-order valence-electron chi connectivity index (χ4n) is 3.52. The summed E-state index contributed by atoms with van der Waals surface area (Å²) in [6, 6.07) is 4.97. The molecule has 35 heavy (non-hydrogen) atoms. The molecule has 3 heterocycles. The number of nitrogens with one attached hydrogen (secondary N) is 2. The number of anilines is 2. The predicted molar refractivity (Wildman–Crippen MR) is 113 cm³/mol. The van der Waals surface area contributed by atoms with E-state index in [0.717, 1.165) is 16.7 Å². The van der Waals surface area contributed by atoms with Gasteiger partial charge < -0.3 is 11.1 Å². The van der Waals surface area contributed by atoms with Crippen LogP contribution >= 0.6 is 0 Å². The number of nitrogens with two attached hydrogens (primary N) is 1. The summed E-state index contributed by atoms with van der Waals surface area (Å²) >= 11 is 0. The molecule has 0 aliphatic heterocycles. The van der Waals surface area contributed by atoms with Gasteiger partial charge in [0.25, 0.3) is 12.0 Å². The topological polar surface area (TPSA) is 151 Å². The van der Waals surface area contributed by atoms with Crippen molar-refractivity contribution >= 4 is 22.7 Å². The molecule has 3 aromatic heterocycles. The lowest BCUT2D eigenvalue weighted by molar-refractivity contribution is -0.136.